The molecule has 0 radical (unpaired) electrons. The first-order valence-electron chi connectivity index (χ1n) is 6.22. The highest BCUT2D eigenvalue weighted by Gasteiger charge is 2.11. The molecule has 0 aromatic heterocycles. The number of rotatable bonds is 4. The lowest BCUT2D eigenvalue weighted by Crippen LogP contribution is -2.37. The third-order valence-electron chi connectivity index (χ3n) is 3.29. The van der Waals surface area contributed by atoms with E-state index in [0.717, 1.165) is 6.04 Å². The zero-order chi connectivity index (χ0) is 10.3. The summed E-state index contributed by atoms with van der Waals surface area (Å²) in [6.45, 7) is 0. The lowest BCUT2D eigenvalue weighted by atomic mass is 9.96. The lowest BCUT2D eigenvalue weighted by Gasteiger charge is -2.22. The first kappa shape index (κ1) is 10.9. The third-order valence-corrected chi connectivity index (χ3v) is 4.88. The van der Waals surface area contributed by atoms with Crippen LogP contribution in [0.1, 0.15) is 32.1 Å². The van der Waals surface area contributed by atoms with Gasteiger partial charge in [0.05, 0.1) is 9.52 Å². The lowest BCUT2D eigenvalue weighted by molar-refractivity contribution is 0.389. The van der Waals surface area contributed by atoms with Crippen LogP contribution in [0.5, 0.6) is 0 Å². The van der Waals surface area contributed by atoms with E-state index in [9.17, 15) is 0 Å². The zero-order valence-electron chi connectivity index (χ0n) is 9.41. The molecule has 1 saturated carbocycles. The minimum absolute atomic E-state index is 0.0675. The van der Waals surface area contributed by atoms with Crippen LogP contribution in [-0.4, -0.2) is 21.7 Å². The maximum atomic E-state index is 3.73. The van der Waals surface area contributed by atoms with Gasteiger partial charge in [-0.3, -0.25) is 0 Å². The Hall–Kier alpha value is -0.603. The Balaban J connectivity index is 1.66. The van der Waals surface area contributed by atoms with E-state index < -0.39 is 0 Å². The van der Waals surface area contributed by atoms with Crippen LogP contribution in [0.15, 0.2) is 30.3 Å². The van der Waals surface area contributed by atoms with Gasteiger partial charge in [0.1, 0.15) is 0 Å². The van der Waals surface area contributed by atoms with Crippen molar-refractivity contribution in [1.29, 1.82) is 0 Å². The van der Waals surface area contributed by atoms with Crippen LogP contribution in [-0.2, 0) is 0 Å². The van der Waals surface area contributed by atoms with Crippen LogP contribution in [0.4, 0.5) is 0 Å². The second kappa shape index (κ2) is 6.08. The van der Waals surface area contributed by atoms with Crippen LogP contribution in [0, 0.1) is 0 Å². The van der Waals surface area contributed by atoms with Gasteiger partial charge in [0.25, 0.3) is 0 Å². The van der Waals surface area contributed by atoms with Crippen LogP contribution in [0.25, 0.3) is 0 Å². The van der Waals surface area contributed by atoms with Gasteiger partial charge in [-0.2, -0.15) is 0 Å². The third kappa shape index (κ3) is 3.80. The fraction of sp³-hybridized carbons (Fsp3) is 0.538. The van der Waals surface area contributed by atoms with Gasteiger partial charge in [0.15, 0.2) is 0 Å². The molecule has 0 amide bonds. The number of benzene rings is 1. The molecule has 1 N–H and O–H groups in total. The van der Waals surface area contributed by atoms with Crippen molar-refractivity contribution < 1.29 is 0 Å². The molecule has 0 bridgehead atoms. The van der Waals surface area contributed by atoms with Gasteiger partial charge in [-0.15, -0.1) is 0 Å². The van der Waals surface area contributed by atoms with E-state index in [0.29, 0.717) is 0 Å². The molecule has 0 unspecified atom stereocenters. The minimum atomic E-state index is -0.0675. The van der Waals surface area contributed by atoms with Crippen molar-refractivity contribution in [3.8, 4) is 0 Å². The number of nitrogens with one attached hydrogen (secondary N) is 1. The molecule has 0 saturated heterocycles. The maximum absolute atomic E-state index is 3.73. The Morgan fingerprint density at radius 2 is 1.80 bits per heavy atom. The standard InChI is InChI=1S/C13H21NSi/c1-3-7-12(8-4-1)14-11-15-13-9-5-2-6-10-13/h2,5-6,9-10,12,14H,1,3-4,7-8,11,15H2. The molecule has 1 aromatic carbocycles. The highest BCUT2D eigenvalue weighted by molar-refractivity contribution is 6.53. The van der Waals surface area contributed by atoms with Crippen LogP contribution >= 0.6 is 0 Å². The second-order valence-corrected chi connectivity index (χ2v) is 6.34. The van der Waals surface area contributed by atoms with E-state index in [-0.39, 0.29) is 9.52 Å². The van der Waals surface area contributed by atoms with Gasteiger partial charge in [0, 0.05) is 6.04 Å². The number of hydrogen-bond acceptors (Lipinski definition) is 1. The quantitative estimate of drug-likeness (QED) is 0.754. The highest BCUT2D eigenvalue weighted by Crippen LogP contribution is 2.16. The molecule has 0 atom stereocenters. The molecule has 82 valence electrons. The summed E-state index contributed by atoms with van der Waals surface area (Å²) in [7, 11) is -0.0675. The molecule has 2 heteroatoms. The smallest absolute Gasteiger partial charge is 0.0701 e. The normalized spacial score (nSPS) is 18.7. The Labute approximate surface area is 95.1 Å². The van der Waals surface area contributed by atoms with Crippen molar-refractivity contribution in [2.75, 3.05) is 6.17 Å². The molecule has 1 aliphatic carbocycles. The first-order chi connectivity index (χ1) is 7.45. The topological polar surface area (TPSA) is 12.0 Å². The van der Waals surface area contributed by atoms with Crippen LogP contribution in [0.3, 0.4) is 0 Å². The van der Waals surface area contributed by atoms with Gasteiger partial charge in [0.2, 0.25) is 0 Å². The summed E-state index contributed by atoms with van der Waals surface area (Å²) in [4.78, 5) is 0. The first-order valence-corrected chi connectivity index (χ1v) is 7.93. The van der Waals surface area contributed by atoms with E-state index in [1.165, 1.54) is 38.3 Å². The van der Waals surface area contributed by atoms with Gasteiger partial charge in [-0.05, 0) is 19.0 Å². The van der Waals surface area contributed by atoms with Crippen molar-refractivity contribution in [1.82, 2.24) is 5.32 Å². The van der Waals surface area contributed by atoms with E-state index in [1.807, 2.05) is 0 Å². The molecule has 0 spiro atoms. The van der Waals surface area contributed by atoms with Gasteiger partial charge in [-0.1, -0.05) is 54.8 Å². The SMILES string of the molecule is c1ccc([SiH2]CNC2CCCCC2)cc1. The fourth-order valence-electron chi connectivity index (χ4n) is 2.37. The molecule has 1 aromatic rings. The highest BCUT2D eigenvalue weighted by atomic mass is 28.2. The van der Waals surface area contributed by atoms with Gasteiger partial charge >= 0.3 is 0 Å². The summed E-state index contributed by atoms with van der Waals surface area (Å²) in [5, 5.41) is 5.32. The molecule has 1 nitrogen and oxygen atoms in total. The van der Waals surface area contributed by atoms with Crippen molar-refractivity contribution in [3.63, 3.8) is 0 Å². The predicted octanol–water partition coefficient (Wildman–Crippen LogP) is 1.36. The Morgan fingerprint density at radius 1 is 1.07 bits per heavy atom. The molecule has 2 rings (SSSR count). The fourth-order valence-corrected chi connectivity index (χ4v) is 3.82. The van der Waals surface area contributed by atoms with Crippen molar-refractivity contribution >= 4 is 14.7 Å². The molecular weight excluding hydrogens is 198 g/mol. The van der Waals surface area contributed by atoms with E-state index in [2.05, 4.69) is 35.6 Å². The van der Waals surface area contributed by atoms with Crippen LogP contribution in [0.2, 0.25) is 0 Å². The van der Waals surface area contributed by atoms with Crippen molar-refractivity contribution in [2.24, 2.45) is 0 Å². The molecular formula is C13H21NSi. The average Bonchev–Trinajstić information content (AvgIpc) is 2.32. The van der Waals surface area contributed by atoms with Crippen molar-refractivity contribution in [3.05, 3.63) is 30.3 Å². The summed E-state index contributed by atoms with van der Waals surface area (Å²) in [5.41, 5.74) is 0. The Morgan fingerprint density at radius 3 is 2.53 bits per heavy atom. The van der Waals surface area contributed by atoms with Crippen molar-refractivity contribution in [2.45, 2.75) is 38.1 Å². The van der Waals surface area contributed by atoms with E-state index in [1.54, 1.807) is 5.19 Å². The van der Waals surface area contributed by atoms with E-state index in [4.69, 9.17) is 0 Å². The molecule has 15 heavy (non-hydrogen) atoms. The minimum Gasteiger partial charge on any atom is -0.317 e. The molecule has 1 fully saturated rings. The van der Waals surface area contributed by atoms with Gasteiger partial charge in [-0.25, -0.2) is 0 Å². The van der Waals surface area contributed by atoms with Crippen LogP contribution < -0.4 is 10.5 Å². The summed E-state index contributed by atoms with van der Waals surface area (Å²) in [5.74, 6) is 0. The second-order valence-electron chi connectivity index (χ2n) is 4.52. The largest absolute Gasteiger partial charge is 0.317 e. The monoisotopic (exact) mass is 219 g/mol. The summed E-state index contributed by atoms with van der Waals surface area (Å²) in [6, 6.07) is 11.8. The summed E-state index contributed by atoms with van der Waals surface area (Å²) in [6.07, 6.45) is 8.41. The average molecular weight is 219 g/mol. The van der Waals surface area contributed by atoms with Gasteiger partial charge < -0.3 is 5.32 Å². The summed E-state index contributed by atoms with van der Waals surface area (Å²) < 4.78 is 0. The molecule has 1 aliphatic rings. The predicted molar refractivity (Wildman–Crippen MR) is 69.5 cm³/mol. The Bertz CT molecular complexity index is 267. The van der Waals surface area contributed by atoms with E-state index >= 15 is 0 Å². The summed E-state index contributed by atoms with van der Waals surface area (Å²) >= 11 is 0. The molecule has 0 aliphatic heterocycles. The molecule has 0 heterocycles. The number of hydrogen-bond donors (Lipinski definition) is 1. The maximum Gasteiger partial charge on any atom is 0.0701 e. The zero-order valence-corrected chi connectivity index (χ0v) is 10.8. The Kier molecular flexibility index (Phi) is 4.42.